The minimum absolute atomic E-state index is 0.0171. The van der Waals surface area contributed by atoms with Crippen molar-refractivity contribution in [2.24, 2.45) is 5.92 Å². The van der Waals surface area contributed by atoms with Gasteiger partial charge in [-0.15, -0.1) is 0 Å². The van der Waals surface area contributed by atoms with Crippen molar-refractivity contribution < 1.29 is 9.53 Å². The summed E-state index contributed by atoms with van der Waals surface area (Å²) in [6.07, 6.45) is 0. The van der Waals surface area contributed by atoms with E-state index in [1.807, 2.05) is 26.0 Å². The third-order valence-corrected chi connectivity index (χ3v) is 3.36. The van der Waals surface area contributed by atoms with Crippen LogP contribution in [0.4, 0.5) is 0 Å². The molecule has 0 radical (unpaired) electrons. The highest BCUT2D eigenvalue weighted by Crippen LogP contribution is 2.23. The second kappa shape index (κ2) is 8.43. The molecule has 1 unspecified atom stereocenters. The lowest BCUT2D eigenvalue weighted by atomic mass is 10.1. The van der Waals surface area contributed by atoms with Gasteiger partial charge in [-0.25, -0.2) is 0 Å². The van der Waals surface area contributed by atoms with Crippen molar-refractivity contribution in [3.8, 4) is 11.8 Å². The zero-order valence-electron chi connectivity index (χ0n) is 13.3. The van der Waals surface area contributed by atoms with Gasteiger partial charge in [-0.05, 0) is 45.5 Å². The van der Waals surface area contributed by atoms with Gasteiger partial charge in [0.2, 0.25) is 0 Å². The fourth-order valence-electron chi connectivity index (χ4n) is 2.19. The Bertz CT molecular complexity index is 520. The summed E-state index contributed by atoms with van der Waals surface area (Å²) in [5.74, 6) is 0.842. The maximum Gasteiger partial charge on any atom is 0.159 e. The molecular weight excluding hydrogens is 264 g/mol. The quantitative estimate of drug-likeness (QED) is 0.689. The standard InChI is InChI=1S/C17H24N2O2/c1-5-19(11-13(3)10-18)12-16-9-15(14(4)20)7-8-17(16)21-6-2/h7-9,13H,5-6,11-12H2,1-4H3. The van der Waals surface area contributed by atoms with Gasteiger partial charge in [0.05, 0.1) is 18.6 Å². The van der Waals surface area contributed by atoms with Crippen LogP contribution in [0.5, 0.6) is 5.75 Å². The number of hydrogen-bond acceptors (Lipinski definition) is 4. The molecule has 114 valence electrons. The third-order valence-electron chi connectivity index (χ3n) is 3.36. The van der Waals surface area contributed by atoms with Crippen molar-refractivity contribution in [1.29, 1.82) is 5.26 Å². The number of hydrogen-bond donors (Lipinski definition) is 0. The molecule has 1 rings (SSSR count). The second-order valence-electron chi connectivity index (χ2n) is 5.17. The van der Waals surface area contributed by atoms with Gasteiger partial charge in [0, 0.05) is 24.2 Å². The highest BCUT2D eigenvalue weighted by Gasteiger charge is 2.13. The Morgan fingerprint density at radius 3 is 2.67 bits per heavy atom. The SMILES string of the molecule is CCOc1ccc(C(C)=O)cc1CN(CC)CC(C)C#N. The minimum atomic E-state index is -0.0171. The molecule has 0 spiro atoms. The van der Waals surface area contributed by atoms with Crippen LogP contribution >= 0.6 is 0 Å². The molecule has 21 heavy (non-hydrogen) atoms. The Hall–Kier alpha value is -1.86. The molecule has 0 aromatic heterocycles. The van der Waals surface area contributed by atoms with E-state index in [4.69, 9.17) is 10.00 Å². The number of ether oxygens (including phenoxy) is 1. The Kier molecular flexibility index (Phi) is 6.90. The molecule has 4 nitrogen and oxygen atoms in total. The number of rotatable bonds is 8. The lowest BCUT2D eigenvalue weighted by Crippen LogP contribution is -2.28. The van der Waals surface area contributed by atoms with Crippen LogP contribution in [0, 0.1) is 17.2 Å². The summed E-state index contributed by atoms with van der Waals surface area (Å²) in [5, 5.41) is 8.95. The molecule has 0 heterocycles. The molecule has 0 fully saturated rings. The summed E-state index contributed by atoms with van der Waals surface area (Å²) in [6.45, 7) is 10.3. The van der Waals surface area contributed by atoms with Gasteiger partial charge in [0.1, 0.15) is 5.75 Å². The van der Waals surface area contributed by atoms with E-state index in [9.17, 15) is 4.79 Å². The predicted molar refractivity (Wildman–Crippen MR) is 83.3 cm³/mol. The van der Waals surface area contributed by atoms with Crippen LogP contribution in [0.15, 0.2) is 18.2 Å². The maximum atomic E-state index is 11.5. The van der Waals surface area contributed by atoms with Crippen LogP contribution in [-0.4, -0.2) is 30.4 Å². The average Bonchev–Trinajstić information content (AvgIpc) is 2.47. The Labute approximate surface area is 127 Å². The van der Waals surface area contributed by atoms with Crippen LogP contribution < -0.4 is 4.74 Å². The normalized spacial score (nSPS) is 12.0. The number of Topliss-reactive ketones (excluding diaryl/α,β-unsaturated/α-hetero) is 1. The number of nitrogens with zero attached hydrogens (tertiary/aromatic N) is 2. The molecule has 0 N–H and O–H groups in total. The first-order chi connectivity index (χ1) is 10.0. The number of carbonyl (C=O) groups excluding carboxylic acids is 1. The van der Waals surface area contributed by atoms with Crippen LogP contribution in [-0.2, 0) is 6.54 Å². The molecule has 4 heteroatoms. The van der Waals surface area contributed by atoms with Crippen molar-refractivity contribution in [1.82, 2.24) is 4.90 Å². The van der Waals surface area contributed by atoms with Crippen LogP contribution in [0.3, 0.4) is 0 Å². The van der Waals surface area contributed by atoms with Crippen molar-refractivity contribution in [3.63, 3.8) is 0 Å². The van der Waals surface area contributed by atoms with Gasteiger partial charge in [0.25, 0.3) is 0 Å². The fourth-order valence-corrected chi connectivity index (χ4v) is 2.19. The lowest BCUT2D eigenvalue weighted by molar-refractivity contribution is 0.101. The van der Waals surface area contributed by atoms with Crippen LogP contribution in [0.25, 0.3) is 0 Å². The highest BCUT2D eigenvalue weighted by molar-refractivity contribution is 5.94. The molecule has 1 atom stereocenters. The smallest absolute Gasteiger partial charge is 0.159 e. The summed E-state index contributed by atoms with van der Waals surface area (Å²) in [4.78, 5) is 13.7. The van der Waals surface area contributed by atoms with Gasteiger partial charge in [-0.1, -0.05) is 6.92 Å². The van der Waals surface area contributed by atoms with E-state index in [-0.39, 0.29) is 11.7 Å². The largest absolute Gasteiger partial charge is 0.494 e. The van der Waals surface area contributed by atoms with Crippen molar-refractivity contribution in [2.45, 2.75) is 34.2 Å². The Morgan fingerprint density at radius 2 is 2.14 bits per heavy atom. The number of carbonyl (C=O) groups is 1. The van der Waals surface area contributed by atoms with Crippen LogP contribution in [0.2, 0.25) is 0 Å². The van der Waals surface area contributed by atoms with Crippen molar-refractivity contribution in [3.05, 3.63) is 29.3 Å². The first-order valence-electron chi connectivity index (χ1n) is 7.40. The molecule has 0 aliphatic rings. The fraction of sp³-hybridized carbons (Fsp3) is 0.529. The molecule has 0 saturated heterocycles. The number of benzene rings is 1. The van der Waals surface area contributed by atoms with E-state index < -0.39 is 0 Å². The van der Waals surface area contributed by atoms with E-state index in [0.717, 1.165) is 17.9 Å². The Morgan fingerprint density at radius 1 is 1.43 bits per heavy atom. The van der Waals surface area contributed by atoms with E-state index in [2.05, 4.69) is 17.9 Å². The topological polar surface area (TPSA) is 53.3 Å². The van der Waals surface area contributed by atoms with Gasteiger partial charge < -0.3 is 4.74 Å². The van der Waals surface area contributed by atoms with Gasteiger partial charge in [-0.3, -0.25) is 9.69 Å². The minimum Gasteiger partial charge on any atom is -0.494 e. The van der Waals surface area contributed by atoms with E-state index in [1.54, 1.807) is 13.0 Å². The monoisotopic (exact) mass is 288 g/mol. The first kappa shape index (κ1) is 17.2. The summed E-state index contributed by atoms with van der Waals surface area (Å²) in [7, 11) is 0. The van der Waals surface area contributed by atoms with E-state index in [0.29, 0.717) is 25.3 Å². The van der Waals surface area contributed by atoms with E-state index >= 15 is 0 Å². The summed E-state index contributed by atoms with van der Waals surface area (Å²) >= 11 is 0. The first-order valence-corrected chi connectivity index (χ1v) is 7.40. The average molecular weight is 288 g/mol. The lowest BCUT2D eigenvalue weighted by Gasteiger charge is -2.23. The maximum absolute atomic E-state index is 11.5. The molecule has 0 amide bonds. The van der Waals surface area contributed by atoms with Crippen molar-refractivity contribution >= 4 is 5.78 Å². The van der Waals surface area contributed by atoms with Gasteiger partial charge in [0.15, 0.2) is 5.78 Å². The predicted octanol–water partition coefficient (Wildman–Crippen LogP) is 3.27. The molecule has 0 bridgehead atoms. The Balaban J connectivity index is 2.99. The zero-order chi connectivity index (χ0) is 15.8. The third kappa shape index (κ3) is 5.20. The molecule has 1 aromatic carbocycles. The van der Waals surface area contributed by atoms with Gasteiger partial charge in [-0.2, -0.15) is 5.26 Å². The van der Waals surface area contributed by atoms with Gasteiger partial charge >= 0.3 is 0 Å². The molecule has 0 aliphatic heterocycles. The molecular formula is C17H24N2O2. The zero-order valence-corrected chi connectivity index (χ0v) is 13.3. The summed E-state index contributed by atoms with van der Waals surface area (Å²) < 4.78 is 5.65. The molecule has 0 aliphatic carbocycles. The summed E-state index contributed by atoms with van der Waals surface area (Å²) in [5.41, 5.74) is 1.69. The summed E-state index contributed by atoms with van der Waals surface area (Å²) in [6, 6.07) is 7.81. The number of nitriles is 1. The second-order valence-corrected chi connectivity index (χ2v) is 5.17. The highest BCUT2D eigenvalue weighted by atomic mass is 16.5. The van der Waals surface area contributed by atoms with Crippen molar-refractivity contribution in [2.75, 3.05) is 19.7 Å². The number of ketones is 1. The molecule has 0 saturated carbocycles. The molecule has 1 aromatic rings. The van der Waals surface area contributed by atoms with Crippen LogP contribution in [0.1, 0.15) is 43.6 Å². The van der Waals surface area contributed by atoms with E-state index in [1.165, 1.54) is 0 Å².